The van der Waals surface area contributed by atoms with Crippen molar-refractivity contribution in [1.82, 2.24) is 5.32 Å². The molecule has 1 rings (SSSR count). The van der Waals surface area contributed by atoms with Gasteiger partial charge in [-0.15, -0.1) is 0 Å². The Kier molecular flexibility index (Phi) is 5.92. The summed E-state index contributed by atoms with van der Waals surface area (Å²) >= 11 is 0. The lowest BCUT2D eigenvalue weighted by Crippen LogP contribution is -2.48. The van der Waals surface area contributed by atoms with E-state index in [2.05, 4.69) is 5.32 Å². The zero-order valence-electron chi connectivity index (χ0n) is 10.9. The molecule has 4 heteroatoms. The molecule has 1 saturated carbocycles. The summed E-state index contributed by atoms with van der Waals surface area (Å²) in [6.45, 7) is 3.95. The number of hydrogen-bond acceptors (Lipinski definition) is 3. The molecule has 0 heterocycles. The number of carbonyl (C=O) groups is 1. The molecule has 0 aromatic carbocycles. The fourth-order valence-corrected chi connectivity index (χ4v) is 2.67. The first-order valence-electron chi connectivity index (χ1n) is 6.67. The van der Waals surface area contributed by atoms with Crippen LogP contribution in [0.15, 0.2) is 0 Å². The zero-order valence-corrected chi connectivity index (χ0v) is 10.9. The second-order valence-corrected chi connectivity index (χ2v) is 5.45. The van der Waals surface area contributed by atoms with Crippen LogP contribution in [-0.2, 0) is 4.79 Å². The summed E-state index contributed by atoms with van der Waals surface area (Å²) in [6, 6.07) is -0.131. The molecule has 100 valence electrons. The molecular weight excluding hydrogens is 218 g/mol. The number of aliphatic hydroxyl groups is 1. The molecule has 3 N–H and O–H groups in total. The van der Waals surface area contributed by atoms with Gasteiger partial charge in [0.05, 0.1) is 0 Å². The van der Waals surface area contributed by atoms with E-state index in [9.17, 15) is 9.90 Å². The van der Waals surface area contributed by atoms with Crippen molar-refractivity contribution in [2.45, 2.75) is 70.6 Å². The Morgan fingerprint density at radius 1 is 1.29 bits per heavy atom. The van der Waals surface area contributed by atoms with Crippen molar-refractivity contribution in [3.8, 4) is 0 Å². The molecule has 1 aliphatic carbocycles. The van der Waals surface area contributed by atoms with Crippen LogP contribution >= 0.6 is 0 Å². The van der Waals surface area contributed by atoms with Crippen molar-refractivity contribution in [3.63, 3.8) is 0 Å². The molecule has 2 atom stereocenters. The van der Waals surface area contributed by atoms with E-state index in [0.717, 1.165) is 6.42 Å². The van der Waals surface area contributed by atoms with Crippen molar-refractivity contribution < 1.29 is 15.0 Å². The van der Waals surface area contributed by atoms with Gasteiger partial charge >= 0.3 is 5.97 Å². The lowest BCUT2D eigenvalue weighted by molar-refractivity contribution is -0.148. The van der Waals surface area contributed by atoms with Gasteiger partial charge in [0.2, 0.25) is 0 Å². The van der Waals surface area contributed by atoms with E-state index in [1.165, 1.54) is 32.1 Å². The largest absolute Gasteiger partial charge is 0.479 e. The Bertz CT molecular complexity index is 237. The highest BCUT2D eigenvalue weighted by Crippen LogP contribution is 2.28. The number of aliphatic hydroxyl groups excluding tert-OH is 1. The molecule has 0 amide bonds. The van der Waals surface area contributed by atoms with Gasteiger partial charge in [0.1, 0.15) is 0 Å². The van der Waals surface area contributed by atoms with Gasteiger partial charge in [-0.25, -0.2) is 4.79 Å². The minimum atomic E-state index is -1.29. The van der Waals surface area contributed by atoms with E-state index in [-0.39, 0.29) is 12.1 Å². The molecule has 0 aliphatic heterocycles. The van der Waals surface area contributed by atoms with E-state index >= 15 is 0 Å². The molecule has 4 nitrogen and oxygen atoms in total. The fourth-order valence-electron chi connectivity index (χ4n) is 2.67. The second kappa shape index (κ2) is 6.97. The van der Waals surface area contributed by atoms with Crippen LogP contribution in [0.4, 0.5) is 0 Å². The van der Waals surface area contributed by atoms with E-state index in [1.54, 1.807) is 0 Å². The summed E-state index contributed by atoms with van der Waals surface area (Å²) in [6.07, 6.45) is 5.58. The van der Waals surface area contributed by atoms with E-state index in [1.807, 2.05) is 13.8 Å². The summed E-state index contributed by atoms with van der Waals surface area (Å²) < 4.78 is 0. The smallest absolute Gasteiger partial charge is 0.334 e. The number of carboxylic acids is 1. The Balaban J connectivity index is 2.52. The predicted molar refractivity (Wildman–Crippen MR) is 66.9 cm³/mol. The molecule has 0 aromatic rings. The quantitative estimate of drug-likeness (QED) is 0.665. The van der Waals surface area contributed by atoms with Crippen LogP contribution in [0.25, 0.3) is 0 Å². The van der Waals surface area contributed by atoms with Gasteiger partial charge < -0.3 is 15.5 Å². The second-order valence-electron chi connectivity index (χ2n) is 5.45. The number of aliphatic carboxylic acids is 1. The third-order valence-corrected chi connectivity index (χ3v) is 3.49. The average molecular weight is 243 g/mol. The molecule has 1 fully saturated rings. The molecule has 0 bridgehead atoms. The molecule has 1 aliphatic rings. The van der Waals surface area contributed by atoms with Gasteiger partial charge in [0, 0.05) is 12.1 Å². The maximum Gasteiger partial charge on any atom is 0.334 e. The van der Waals surface area contributed by atoms with Crippen LogP contribution in [0.2, 0.25) is 0 Å². The summed E-state index contributed by atoms with van der Waals surface area (Å²) in [5.74, 6) is -0.562. The fraction of sp³-hybridized carbons (Fsp3) is 0.923. The van der Waals surface area contributed by atoms with Gasteiger partial charge in [0.25, 0.3) is 0 Å². The van der Waals surface area contributed by atoms with Crippen LogP contribution in [0.3, 0.4) is 0 Å². The van der Waals surface area contributed by atoms with Gasteiger partial charge in [-0.3, -0.25) is 0 Å². The molecule has 0 saturated heterocycles. The van der Waals surface area contributed by atoms with Gasteiger partial charge in [-0.2, -0.15) is 0 Å². The zero-order chi connectivity index (χ0) is 12.8. The van der Waals surface area contributed by atoms with Crippen LogP contribution in [0.5, 0.6) is 0 Å². The van der Waals surface area contributed by atoms with Crippen molar-refractivity contribution in [2.75, 3.05) is 0 Å². The summed E-state index contributed by atoms with van der Waals surface area (Å²) in [4.78, 5) is 10.9. The molecule has 17 heavy (non-hydrogen) atoms. The SMILES string of the molecule is CC(C)N[C@@H](CC1CCCCC1)[C@@H](O)C(=O)O. The Morgan fingerprint density at radius 3 is 2.35 bits per heavy atom. The maximum atomic E-state index is 10.9. The summed E-state index contributed by atoms with van der Waals surface area (Å²) in [5.41, 5.74) is 0. The van der Waals surface area contributed by atoms with E-state index < -0.39 is 12.1 Å². The van der Waals surface area contributed by atoms with E-state index in [0.29, 0.717) is 5.92 Å². The highest BCUT2D eigenvalue weighted by molar-refractivity contribution is 5.72. The van der Waals surface area contributed by atoms with Crippen molar-refractivity contribution >= 4 is 5.97 Å². The monoisotopic (exact) mass is 243 g/mol. The summed E-state index contributed by atoms with van der Waals surface area (Å²) in [7, 11) is 0. The standard InChI is InChI=1S/C13H25NO3/c1-9(2)14-11(12(15)13(16)17)8-10-6-4-3-5-7-10/h9-12,14-15H,3-8H2,1-2H3,(H,16,17)/t11-,12+/m0/s1. The topological polar surface area (TPSA) is 69.6 Å². The molecule has 0 unspecified atom stereocenters. The minimum Gasteiger partial charge on any atom is -0.479 e. The number of nitrogens with one attached hydrogen (secondary N) is 1. The molecule has 0 aromatic heterocycles. The van der Waals surface area contributed by atoms with Gasteiger partial charge in [-0.1, -0.05) is 46.0 Å². The van der Waals surface area contributed by atoms with Crippen LogP contribution in [-0.4, -0.2) is 34.4 Å². The number of hydrogen-bond donors (Lipinski definition) is 3. The van der Waals surface area contributed by atoms with Crippen molar-refractivity contribution in [3.05, 3.63) is 0 Å². The first kappa shape index (κ1) is 14.5. The average Bonchev–Trinajstić information content (AvgIpc) is 2.28. The molecule has 0 radical (unpaired) electrons. The Morgan fingerprint density at radius 2 is 1.88 bits per heavy atom. The van der Waals surface area contributed by atoms with Crippen LogP contribution in [0.1, 0.15) is 52.4 Å². The van der Waals surface area contributed by atoms with E-state index in [4.69, 9.17) is 5.11 Å². The maximum absolute atomic E-state index is 10.9. The highest BCUT2D eigenvalue weighted by atomic mass is 16.4. The Labute approximate surface area is 103 Å². The van der Waals surface area contributed by atoms with Crippen molar-refractivity contribution in [2.24, 2.45) is 5.92 Å². The minimum absolute atomic E-state index is 0.192. The Hall–Kier alpha value is -0.610. The molecular formula is C13H25NO3. The molecule has 0 spiro atoms. The first-order chi connectivity index (χ1) is 8.00. The highest BCUT2D eigenvalue weighted by Gasteiger charge is 2.29. The normalized spacial score (nSPS) is 21.4. The first-order valence-corrected chi connectivity index (χ1v) is 6.67. The number of rotatable bonds is 6. The third-order valence-electron chi connectivity index (χ3n) is 3.49. The van der Waals surface area contributed by atoms with Crippen molar-refractivity contribution in [1.29, 1.82) is 0 Å². The lowest BCUT2D eigenvalue weighted by atomic mass is 9.83. The van der Waals surface area contributed by atoms with Gasteiger partial charge in [-0.05, 0) is 12.3 Å². The predicted octanol–water partition coefficient (Wildman–Crippen LogP) is 1.77. The van der Waals surface area contributed by atoms with Gasteiger partial charge in [0.15, 0.2) is 6.10 Å². The third kappa shape index (κ3) is 5.04. The summed E-state index contributed by atoms with van der Waals surface area (Å²) in [5, 5.41) is 21.8. The lowest BCUT2D eigenvalue weighted by Gasteiger charge is -2.30. The van der Waals surface area contributed by atoms with Crippen LogP contribution < -0.4 is 5.32 Å². The van der Waals surface area contributed by atoms with Crippen LogP contribution in [0, 0.1) is 5.92 Å². The number of carboxylic acid groups (broad SMARTS) is 1.